The SMILES string of the molecule is CC(=O)Nc1cc([As](=O)(O)OC(=O)CCC(C)c2cc(F)c(F)cc2F)ccc1O. The van der Waals surface area contributed by atoms with Crippen molar-refractivity contribution in [1.29, 1.82) is 0 Å². The van der Waals surface area contributed by atoms with Crippen molar-refractivity contribution < 1.29 is 39.4 Å². The third-order valence-electron chi connectivity index (χ3n) is 4.19. The number of benzene rings is 2. The summed E-state index contributed by atoms with van der Waals surface area (Å²) in [5.41, 5.74) is -0.271. The molecule has 7 nitrogen and oxygen atoms in total. The molecule has 0 radical (unpaired) electrons. The van der Waals surface area contributed by atoms with Crippen molar-refractivity contribution in [1.82, 2.24) is 0 Å². The summed E-state index contributed by atoms with van der Waals surface area (Å²) in [6, 6.07) is 4.26. The first-order valence-electron chi connectivity index (χ1n) is 8.71. The van der Waals surface area contributed by atoms with E-state index in [4.69, 9.17) is 3.73 Å². The number of nitrogens with one attached hydrogen (secondary N) is 1. The van der Waals surface area contributed by atoms with Gasteiger partial charge in [-0.05, 0) is 0 Å². The molecule has 162 valence electrons. The Kier molecular flexibility index (Phi) is 7.38. The molecule has 0 fully saturated rings. The molecule has 0 bridgehead atoms. The van der Waals surface area contributed by atoms with Gasteiger partial charge < -0.3 is 0 Å². The van der Waals surface area contributed by atoms with E-state index in [0.29, 0.717) is 12.1 Å². The quantitative estimate of drug-likeness (QED) is 0.313. The maximum absolute atomic E-state index is 13.8. The summed E-state index contributed by atoms with van der Waals surface area (Å²) in [5, 5.41) is 11.9. The number of amides is 1. The Morgan fingerprint density at radius 1 is 1.13 bits per heavy atom. The minimum absolute atomic E-state index is 0.0522. The molecule has 1 amide bonds. The van der Waals surface area contributed by atoms with E-state index in [1.54, 1.807) is 0 Å². The molecule has 0 saturated carbocycles. The summed E-state index contributed by atoms with van der Waals surface area (Å²) in [6.07, 6.45) is -0.439. The number of aromatic hydroxyl groups is 1. The fraction of sp³-hybridized carbons (Fsp3) is 0.263. The van der Waals surface area contributed by atoms with E-state index < -0.39 is 49.4 Å². The van der Waals surface area contributed by atoms with Gasteiger partial charge in [-0.2, -0.15) is 0 Å². The maximum atomic E-state index is 13.8. The topological polar surface area (TPSA) is 113 Å². The van der Waals surface area contributed by atoms with Crippen LogP contribution >= 0.6 is 0 Å². The van der Waals surface area contributed by atoms with Crippen molar-refractivity contribution in [2.45, 2.75) is 32.6 Å². The third-order valence-corrected chi connectivity index (χ3v) is 7.09. The van der Waals surface area contributed by atoms with Gasteiger partial charge in [0.2, 0.25) is 0 Å². The molecule has 11 heteroatoms. The standard InChI is InChI=1S/C19H19AsF3NO6/c1-10(13-8-15(22)16(23)9-14(13)21)3-6-19(27)30-20(28,29)12-4-5-18(26)17(7-12)24-11(2)25/h4-5,7-10,26H,3,6H2,1-2H3,(H,24,25)(H,28,29). The number of carbonyl (C=O) groups excluding carboxylic acids is 2. The zero-order chi connectivity index (χ0) is 22.6. The van der Waals surface area contributed by atoms with Gasteiger partial charge in [-0.25, -0.2) is 0 Å². The van der Waals surface area contributed by atoms with E-state index in [2.05, 4.69) is 5.32 Å². The predicted molar refractivity (Wildman–Crippen MR) is 101 cm³/mol. The van der Waals surface area contributed by atoms with Crippen molar-refractivity contribution in [3.63, 3.8) is 0 Å². The van der Waals surface area contributed by atoms with Crippen LogP contribution in [0.25, 0.3) is 0 Å². The van der Waals surface area contributed by atoms with Crippen LogP contribution in [0.2, 0.25) is 0 Å². The van der Waals surface area contributed by atoms with Gasteiger partial charge in [0.25, 0.3) is 0 Å². The molecule has 0 heterocycles. The number of phenolic OH excluding ortho intramolecular Hbond substituents is 1. The van der Waals surface area contributed by atoms with Crippen molar-refractivity contribution in [2.75, 3.05) is 5.32 Å². The molecule has 0 aliphatic heterocycles. The number of phenols is 1. The summed E-state index contributed by atoms with van der Waals surface area (Å²) < 4.78 is 67.1. The van der Waals surface area contributed by atoms with E-state index >= 15 is 0 Å². The summed E-state index contributed by atoms with van der Waals surface area (Å²) in [6.45, 7) is 2.65. The minimum atomic E-state index is -5.36. The molecule has 2 atom stereocenters. The van der Waals surface area contributed by atoms with Crippen molar-refractivity contribution >= 4 is 36.1 Å². The van der Waals surface area contributed by atoms with Gasteiger partial charge in [-0.3, -0.25) is 0 Å². The molecule has 0 aromatic heterocycles. The summed E-state index contributed by atoms with van der Waals surface area (Å²) in [5.74, 6) is -6.16. The first kappa shape index (κ1) is 23.6. The molecule has 3 N–H and O–H groups in total. The zero-order valence-electron chi connectivity index (χ0n) is 16.0. The second-order valence-corrected chi connectivity index (χ2v) is 10.2. The van der Waals surface area contributed by atoms with Gasteiger partial charge in [-0.15, -0.1) is 0 Å². The van der Waals surface area contributed by atoms with Gasteiger partial charge in [0.05, 0.1) is 0 Å². The average Bonchev–Trinajstić information content (AvgIpc) is 2.63. The van der Waals surface area contributed by atoms with Crippen molar-refractivity contribution in [3.05, 3.63) is 53.3 Å². The second kappa shape index (κ2) is 9.40. The number of carbonyl (C=O) groups is 2. The van der Waals surface area contributed by atoms with Crippen LogP contribution in [-0.4, -0.2) is 35.3 Å². The van der Waals surface area contributed by atoms with Crippen LogP contribution in [0.15, 0.2) is 30.3 Å². The molecule has 2 aromatic rings. The van der Waals surface area contributed by atoms with E-state index in [9.17, 15) is 35.7 Å². The average molecular weight is 489 g/mol. The number of rotatable bonds is 7. The first-order valence-corrected chi connectivity index (χ1v) is 12.0. The summed E-state index contributed by atoms with van der Waals surface area (Å²) in [7, 11) is 0. The number of anilines is 1. The Labute approximate surface area is 172 Å². The summed E-state index contributed by atoms with van der Waals surface area (Å²) >= 11 is -5.36. The van der Waals surface area contributed by atoms with Gasteiger partial charge in [-0.1, -0.05) is 0 Å². The predicted octanol–water partition coefficient (Wildman–Crippen LogP) is 2.46. The number of hydrogen-bond acceptors (Lipinski definition) is 5. The molecule has 2 aromatic carbocycles. The Morgan fingerprint density at radius 2 is 1.77 bits per heavy atom. The fourth-order valence-electron chi connectivity index (χ4n) is 2.63. The van der Waals surface area contributed by atoms with E-state index in [1.165, 1.54) is 13.8 Å². The van der Waals surface area contributed by atoms with Crippen LogP contribution in [0.3, 0.4) is 0 Å². The molecule has 0 aliphatic carbocycles. The number of halogens is 3. The van der Waals surface area contributed by atoms with Gasteiger partial charge >= 0.3 is 173 Å². The van der Waals surface area contributed by atoms with Crippen molar-refractivity contribution in [2.24, 2.45) is 0 Å². The van der Waals surface area contributed by atoms with Gasteiger partial charge in [0.15, 0.2) is 0 Å². The fourth-order valence-corrected chi connectivity index (χ4v) is 4.79. The Bertz CT molecular complexity index is 1030. The van der Waals surface area contributed by atoms with Crippen LogP contribution < -0.4 is 9.67 Å². The molecular weight excluding hydrogens is 470 g/mol. The Hall–Kier alpha value is -2.71. The molecular formula is C19H19AsF3NO6. The molecule has 0 saturated heterocycles. The summed E-state index contributed by atoms with van der Waals surface area (Å²) in [4.78, 5) is 23.1. The third kappa shape index (κ3) is 5.90. The van der Waals surface area contributed by atoms with E-state index in [0.717, 1.165) is 18.2 Å². The monoisotopic (exact) mass is 489 g/mol. The van der Waals surface area contributed by atoms with E-state index in [-0.39, 0.29) is 34.2 Å². The zero-order valence-corrected chi connectivity index (χ0v) is 17.9. The van der Waals surface area contributed by atoms with Crippen LogP contribution in [-0.2, 0) is 17.1 Å². The van der Waals surface area contributed by atoms with E-state index in [1.807, 2.05) is 0 Å². The first-order chi connectivity index (χ1) is 13.9. The van der Waals surface area contributed by atoms with Crippen LogP contribution in [0.4, 0.5) is 18.9 Å². The van der Waals surface area contributed by atoms with Crippen LogP contribution in [0.5, 0.6) is 5.75 Å². The second-order valence-electron chi connectivity index (χ2n) is 6.59. The Morgan fingerprint density at radius 3 is 2.40 bits per heavy atom. The molecule has 30 heavy (non-hydrogen) atoms. The van der Waals surface area contributed by atoms with Gasteiger partial charge in [0, 0.05) is 0 Å². The molecule has 0 aliphatic rings. The Balaban J connectivity index is 2.06. The molecule has 2 rings (SSSR count). The normalized spacial score (nSPS) is 13.9. The molecule has 0 spiro atoms. The number of hydrogen-bond donors (Lipinski definition) is 3. The van der Waals surface area contributed by atoms with Crippen LogP contribution in [0.1, 0.15) is 38.2 Å². The van der Waals surface area contributed by atoms with Crippen molar-refractivity contribution in [3.8, 4) is 5.75 Å². The van der Waals surface area contributed by atoms with Crippen LogP contribution in [0, 0.1) is 17.5 Å². The molecule has 2 unspecified atom stereocenters. The van der Waals surface area contributed by atoms with Gasteiger partial charge in [0.1, 0.15) is 0 Å².